The lowest BCUT2D eigenvalue weighted by molar-refractivity contribution is 0.0729. The quantitative estimate of drug-likeness (QED) is 0.841. The first-order chi connectivity index (χ1) is 11.3. The third-order valence-electron chi connectivity index (χ3n) is 4.29. The number of fused-ring (bicyclic) bond motifs is 1. The Bertz CT molecular complexity index is 719. The van der Waals surface area contributed by atoms with Gasteiger partial charge in [-0.05, 0) is 55.2 Å². The number of benzene rings is 1. The van der Waals surface area contributed by atoms with Crippen molar-refractivity contribution in [1.29, 1.82) is 0 Å². The predicted molar refractivity (Wildman–Crippen MR) is 90.5 cm³/mol. The first kappa shape index (κ1) is 14.6. The highest BCUT2D eigenvalue weighted by atomic mass is 32.1. The van der Waals surface area contributed by atoms with Gasteiger partial charge in [0, 0.05) is 18.0 Å². The fourth-order valence-corrected chi connectivity index (χ4v) is 4.03. The normalized spacial score (nSPS) is 17.1. The molecule has 0 unspecified atom stereocenters. The SMILES string of the molecule is O=C(c1ccc(-c2ccc3c(c2)OCCO3)s1)N1CCCCC1. The summed E-state index contributed by atoms with van der Waals surface area (Å²) in [6.07, 6.45) is 3.47. The van der Waals surface area contributed by atoms with Crippen molar-refractivity contribution >= 4 is 17.2 Å². The lowest BCUT2D eigenvalue weighted by Crippen LogP contribution is -2.35. The second-order valence-corrected chi connectivity index (χ2v) is 6.96. The molecule has 3 heterocycles. The van der Waals surface area contributed by atoms with Gasteiger partial charge in [-0.25, -0.2) is 0 Å². The van der Waals surface area contributed by atoms with E-state index in [0.29, 0.717) is 13.2 Å². The number of rotatable bonds is 2. The summed E-state index contributed by atoms with van der Waals surface area (Å²) in [5, 5.41) is 0. The Morgan fingerprint density at radius 3 is 2.57 bits per heavy atom. The van der Waals surface area contributed by atoms with Crippen molar-refractivity contribution in [3.8, 4) is 21.9 Å². The summed E-state index contributed by atoms with van der Waals surface area (Å²) in [5.74, 6) is 1.74. The molecule has 0 bridgehead atoms. The van der Waals surface area contributed by atoms with Crippen molar-refractivity contribution in [2.75, 3.05) is 26.3 Å². The number of carbonyl (C=O) groups excluding carboxylic acids is 1. The summed E-state index contributed by atoms with van der Waals surface area (Å²) >= 11 is 1.55. The standard InChI is InChI=1S/C18H19NO3S/c20-18(19-8-2-1-3-9-19)17-7-6-16(23-17)13-4-5-14-15(12-13)22-11-10-21-14/h4-7,12H,1-3,8-11H2. The summed E-state index contributed by atoms with van der Waals surface area (Å²) in [4.78, 5) is 16.4. The van der Waals surface area contributed by atoms with E-state index in [1.165, 1.54) is 6.42 Å². The van der Waals surface area contributed by atoms with Gasteiger partial charge in [-0.2, -0.15) is 0 Å². The summed E-state index contributed by atoms with van der Waals surface area (Å²) in [6.45, 7) is 2.95. The number of thiophene rings is 1. The minimum absolute atomic E-state index is 0.165. The van der Waals surface area contributed by atoms with Gasteiger partial charge in [0.2, 0.25) is 0 Å². The first-order valence-corrected chi connectivity index (χ1v) is 8.92. The Kier molecular flexibility index (Phi) is 3.95. The maximum Gasteiger partial charge on any atom is 0.263 e. The van der Waals surface area contributed by atoms with Gasteiger partial charge >= 0.3 is 0 Å². The van der Waals surface area contributed by atoms with Crippen molar-refractivity contribution < 1.29 is 14.3 Å². The monoisotopic (exact) mass is 329 g/mol. The van der Waals surface area contributed by atoms with Gasteiger partial charge in [-0.15, -0.1) is 11.3 Å². The highest BCUT2D eigenvalue weighted by molar-refractivity contribution is 7.17. The van der Waals surface area contributed by atoms with E-state index < -0.39 is 0 Å². The molecule has 1 saturated heterocycles. The highest BCUT2D eigenvalue weighted by Gasteiger charge is 2.20. The average molecular weight is 329 g/mol. The molecule has 0 saturated carbocycles. The molecule has 0 aliphatic carbocycles. The van der Waals surface area contributed by atoms with Crippen LogP contribution in [-0.4, -0.2) is 37.1 Å². The number of nitrogens with zero attached hydrogens (tertiary/aromatic N) is 1. The van der Waals surface area contributed by atoms with Crippen LogP contribution in [0.1, 0.15) is 28.9 Å². The molecule has 0 spiro atoms. The minimum atomic E-state index is 0.165. The molecule has 0 radical (unpaired) electrons. The van der Waals surface area contributed by atoms with Crippen LogP contribution in [0.5, 0.6) is 11.5 Å². The van der Waals surface area contributed by atoms with Crippen LogP contribution in [-0.2, 0) is 0 Å². The molecule has 1 aromatic carbocycles. The van der Waals surface area contributed by atoms with E-state index in [1.807, 2.05) is 35.2 Å². The molecule has 23 heavy (non-hydrogen) atoms. The van der Waals surface area contributed by atoms with Crippen molar-refractivity contribution in [2.45, 2.75) is 19.3 Å². The number of carbonyl (C=O) groups is 1. The zero-order chi connectivity index (χ0) is 15.6. The molecule has 4 nitrogen and oxygen atoms in total. The Morgan fingerprint density at radius 1 is 0.957 bits per heavy atom. The molecule has 2 aliphatic rings. The Morgan fingerprint density at radius 2 is 1.74 bits per heavy atom. The third kappa shape index (κ3) is 2.93. The maximum absolute atomic E-state index is 12.6. The molecule has 1 fully saturated rings. The van der Waals surface area contributed by atoms with E-state index in [9.17, 15) is 4.79 Å². The van der Waals surface area contributed by atoms with Crippen molar-refractivity contribution in [3.63, 3.8) is 0 Å². The lowest BCUT2D eigenvalue weighted by atomic mass is 10.1. The van der Waals surface area contributed by atoms with E-state index in [1.54, 1.807) is 11.3 Å². The highest BCUT2D eigenvalue weighted by Crippen LogP contribution is 2.37. The van der Waals surface area contributed by atoms with Crippen LogP contribution in [0, 0.1) is 0 Å². The third-order valence-corrected chi connectivity index (χ3v) is 5.41. The molecule has 120 valence electrons. The Hall–Kier alpha value is -2.01. The molecule has 1 aromatic heterocycles. The van der Waals surface area contributed by atoms with Crippen LogP contribution in [0.15, 0.2) is 30.3 Å². The predicted octanol–water partition coefficient (Wildman–Crippen LogP) is 3.81. The van der Waals surface area contributed by atoms with Crippen molar-refractivity contribution in [2.24, 2.45) is 0 Å². The largest absolute Gasteiger partial charge is 0.486 e. The summed E-state index contributed by atoms with van der Waals surface area (Å²) in [5.41, 5.74) is 1.07. The molecule has 0 atom stereocenters. The number of hydrogen-bond donors (Lipinski definition) is 0. The number of likely N-dealkylation sites (tertiary alicyclic amines) is 1. The second-order valence-electron chi connectivity index (χ2n) is 5.88. The van der Waals surface area contributed by atoms with Crippen LogP contribution in [0.3, 0.4) is 0 Å². The summed E-state index contributed by atoms with van der Waals surface area (Å²) in [6, 6.07) is 9.92. The van der Waals surface area contributed by atoms with Crippen LogP contribution in [0.25, 0.3) is 10.4 Å². The van der Waals surface area contributed by atoms with Crippen molar-refractivity contribution in [3.05, 3.63) is 35.2 Å². The van der Waals surface area contributed by atoms with Crippen LogP contribution >= 0.6 is 11.3 Å². The van der Waals surface area contributed by atoms with E-state index >= 15 is 0 Å². The summed E-state index contributed by atoms with van der Waals surface area (Å²) < 4.78 is 11.2. The zero-order valence-corrected chi connectivity index (χ0v) is 13.7. The molecule has 2 aliphatic heterocycles. The van der Waals surface area contributed by atoms with E-state index in [4.69, 9.17) is 9.47 Å². The fourth-order valence-electron chi connectivity index (χ4n) is 3.06. The second kappa shape index (κ2) is 6.24. The molecule has 0 N–H and O–H groups in total. The lowest BCUT2D eigenvalue weighted by Gasteiger charge is -2.26. The Balaban J connectivity index is 1.56. The maximum atomic E-state index is 12.6. The van der Waals surface area contributed by atoms with Gasteiger partial charge in [-0.1, -0.05) is 0 Å². The zero-order valence-electron chi connectivity index (χ0n) is 12.9. The average Bonchev–Trinajstić information content (AvgIpc) is 3.11. The number of hydrogen-bond acceptors (Lipinski definition) is 4. The van der Waals surface area contributed by atoms with Gasteiger partial charge in [0.15, 0.2) is 11.5 Å². The summed E-state index contributed by atoms with van der Waals surface area (Å²) in [7, 11) is 0. The first-order valence-electron chi connectivity index (χ1n) is 8.10. The molecule has 5 heteroatoms. The molecule has 2 aromatic rings. The Labute approximate surface area is 139 Å². The number of piperidine rings is 1. The number of amides is 1. The van der Waals surface area contributed by atoms with E-state index in [-0.39, 0.29) is 5.91 Å². The van der Waals surface area contributed by atoms with Crippen LogP contribution < -0.4 is 9.47 Å². The van der Waals surface area contributed by atoms with Crippen LogP contribution in [0.4, 0.5) is 0 Å². The van der Waals surface area contributed by atoms with Crippen molar-refractivity contribution in [1.82, 2.24) is 4.90 Å². The molecular formula is C18H19NO3S. The topological polar surface area (TPSA) is 38.8 Å². The molecule has 4 rings (SSSR count). The van der Waals surface area contributed by atoms with Gasteiger partial charge in [0.05, 0.1) is 4.88 Å². The van der Waals surface area contributed by atoms with E-state index in [0.717, 1.165) is 52.7 Å². The smallest absolute Gasteiger partial charge is 0.263 e. The van der Waals surface area contributed by atoms with Crippen LogP contribution in [0.2, 0.25) is 0 Å². The molecular weight excluding hydrogens is 310 g/mol. The van der Waals surface area contributed by atoms with E-state index in [2.05, 4.69) is 0 Å². The fraction of sp³-hybridized carbons (Fsp3) is 0.389. The van der Waals surface area contributed by atoms with Gasteiger partial charge in [0.25, 0.3) is 5.91 Å². The van der Waals surface area contributed by atoms with Gasteiger partial charge < -0.3 is 14.4 Å². The minimum Gasteiger partial charge on any atom is -0.486 e. The van der Waals surface area contributed by atoms with Gasteiger partial charge in [0.1, 0.15) is 13.2 Å². The number of ether oxygens (including phenoxy) is 2. The molecule has 1 amide bonds. The van der Waals surface area contributed by atoms with Gasteiger partial charge in [-0.3, -0.25) is 4.79 Å².